The van der Waals surface area contributed by atoms with Crippen LogP contribution in [0.15, 0.2) is 33.5 Å². The molecule has 0 aliphatic carbocycles. The number of aryl methyl sites for hydroxylation is 1. The summed E-state index contributed by atoms with van der Waals surface area (Å²) in [5.74, 6) is -1.08. The number of benzene rings is 1. The van der Waals surface area contributed by atoms with Crippen LogP contribution < -0.4 is 15.5 Å². The summed E-state index contributed by atoms with van der Waals surface area (Å²) in [4.78, 5) is 23.7. The molecule has 0 aliphatic heterocycles. The summed E-state index contributed by atoms with van der Waals surface area (Å²) >= 11 is 0. The molecule has 1 aromatic heterocycles. The molecule has 0 bridgehead atoms. The normalized spacial score (nSPS) is 11.8. The second kappa shape index (κ2) is 7.08. The molecule has 0 aliphatic rings. The van der Waals surface area contributed by atoms with Gasteiger partial charge in [-0.25, -0.2) is 0 Å². The lowest BCUT2D eigenvalue weighted by molar-refractivity contribution is -0.120. The lowest BCUT2D eigenvalue weighted by atomic mass is 9.91. The van der Waals surface area contributed by atoms with E-state index in [1.165, 1.54) is 32.4 Å². The van der Waals surface area contributed by atoms with Crippen molar-refractivity contribution in [2.24, 2.45) is 0 Å². The highest BCUT2D eigenvalue weighted by atomic mass is 16.5. The van der Waals surface area contributed by atoms with E-state index in [0.717, 1.165) is 0 Å². The van der Waals surface area contributed by atoms with Gasteiger partial charge in [-0.2, -0.15) is 0 Å². The Balaban J connectivity index is 2.62. The van der Waals surface area contributed by atoms with E-state index < -0.39 is 17.1 Å². The molecule has 1 heterocycles. The number of hydrogen-bond donors (Lipinski definition) is 3. The average molecular weight is 333 g/mol. The summed E-state index contributed by atoms with van der Waals surface area (Å²) in [6, 6.07) is 5.70. The zero-order chi connectivity index (χ0) is 17.9. The van der Waals surface area contributed by atoms with Crippen molar-refractivity contribution in [2.75, 3.05) is 14.2 Å². The van der Waals surface area contributed by atoms with Crippen LogP contribution in [0, 0.1) is 6.92 Å². The molecule has 3 N–H and O–H groups in total. The first-order chi connectivity index (χ1) is 11.4. The lowest BCUT2D eigenvalue weighted by Crippen LogP contribution is -2.21. The Kier molecular flexibility index (Phi) is 5.13. The second-order valence-corrected chi connectivity index (χ2v) is 5.30. The smallest absolute Gasteiger partial charge is 0.227 e. The number of carbonyl (C=O) groups is 1. The molecule has 0 saturated heterocycles. The van der Waals surface area contributed by atoms with Gasteiger partial charge in [0.05, 0.1) is 13.0 Å². The van der Waals surface area contributed by atoms with Gasteiger partial charge in [0, 0.05) is 19.5 Å². The summed E-state index contributed by atoms with van der Waals surface area (Å²) in [6.07, 6.45) is -0.0512. The van der Waals surface area contributed by atoms with Gasteiger partial charge in [-0.3, -0.25) is 9.59 Å². The number of carbonyl (C=O) groups excluding carboxylic acids is 1. The molecule has 7 heteroatoms. The van der Waals surface area contributed by atoms with Crippen molar-refractivity contribution >= 4 is 5.91 Å². The molecule has 0 spiro atoms. The van der Waals surface area contributed by atoms with E-state index in [0.29, 0.717) is 11.3 Å². The van der Waals surface area contributed by atoms with Crippen molar-refractivity contribution in [1.82, 2.24) is 5.32 Å². The average Bonchev–Trinajstić information content (AvgIpc) is 2.56. The maximum atomic E-state index is 11.9. The quantitative estimate of drug-likeness (QED) is 0.767. The third-order valence-electron chi connectivity index (χ3n) is 3.66. The van der Waals surface area contributed by atoms with E-state index in [9.17, 15) is 19.8 Å². The SMILES string of the molecule is CNC(=O)C[C@H](c1ccc(O)c(OC)c1)c1oc(C)cc(=O)c1O. The van der Waals surface area contributed by atoms with Gasteiger partial charge in [0.25, 0.3) is 0 Å². The number of amides is 1. The highest BCUT2D eigenvalue weighted by molar-refractivity contribution is 5.77. The van der Waals surface area contributed by atoms with Gasteiger partial charge < -0.3 is 24.7 Å². The van der Waals surface area contributed by atoms with Gasteiger partial charge in [0.1, 0.15) is 5.76 Å². The van der Waals surface area contributed by atoms with E-state index in [4.69, 9.17) is 9.15 Å². The highest BCUT2D eigenvalue weighted by Gasteiger charge is 2.26. The number of hydrogen-bond acceptors (Lipinski definition) is 6. The van der Waals surface area contributed by atoms with Crippen molar-refractivity contribution in [3.05, 3.63) is 51.6 Å². The maximum Gasteiger partial charge on any atom is 0.227 e. The first-order valence-corrected chi connectivity index (χ1v) is 7.28. The van der Waals surface area contributed by atoms with Crippen LogP contribution >= 0.6 is 0 Å². The van der Waals surface area contributed by atoms with Crippen LogP contribution in [0.4, 0.5) is 0 Å². The van der Waals surface area contributed by atoms with Gasteiger partial charge in [-0.15, -0.1) is 0 Å². The molecule has 7 nitrogen and oxygen atoms in total. The summed E-state index contributed by atoms with van der Waals surface area (Å²) in [5, 5.41) is 22.3. The molecular weight excluding hydrogens is 314 g/mol. The van der Waals surface area contributed by atoms with Crippen LogP contribution in [-0.2, 0) is 4.79 Å². The number of aromatic hydroxyl groups is 2. The fourth-order valence-corrected chi connectivity index (χ4v) is 2.42. The fourth-order valence-electron chi connectivity index (χ4n) is 2.42. The minimum absolute atomic E-state index is 0.00339. The van der Waals surface area contributed by atoms with Gasteiger partial charge in [0.15, 0.2) is 17.3 Å². The van der Waals surface area contributed by atoms with Crippen LogP contribution in [-0.4, -0.2) is 30.3 Å². The monoisotopic (exact) mass is 333 g/mol. The standard InChI is InChI=1S/C17H19NO6/c1-9-6-13(20)16(22)17(24-9)11(8-15(21)18-2)10-4-5-12(19)14(7-10)23-3/h4-7,11,19,22H,8H2,1-3H3,(H,18,21)/t11-/m1/s1. The van der Waals surface area contributed by atoms with Crippen molar-refractivity contribution in [2.45, 2.75) is 19.3 Å². The first kappa shape index (κ1) is 17.4. The number of phenols is 1. The van der Waals surface area contributed by atoms with E-state index in [2.05, 4.69) is 5.32 Å². The third kappa shape index (κ3) is 3.51. The predicted octanol–water partition coefficient (Wildman–Crippen LogP) is 1.64. The van der Waals surface area contributed by atoms with Crippen LogP contribution in [0.5, 0.6) is 17.2 Å². The van der Waals surface area contributed by atoms with Crippen LogP contribution in [0.1, 0.15) is 29.4 Å². The number of rotatable bonds is 5. The predicted molar refractivity (Wildman–Crippen MR) is 86.6 cm³/mol. The van der Waals surface area contributed by atoms with E-state index in [1.54, 1.807) is 13.0 Å². The third-order valence-corrected chi connectivity index (χ3v) is 3.66. The van der Waals surface area contributed by atoms with E-state index in [-0.39, 0.29) is 29.6 Å². The molecule has 1 atom stereocenters. The Morgan fingerprint density at radius 1 is 1.33 bits per heavy atom. The Hall–Kier alpha value is -2.96. The number of nitrogens with one attached hydrogen (secondary N) is 1. The van der Waals surface area contributed by atoms with Crippen molar-refractivity contribution < 1.29 is 24.2 Å². The molecule has 0 saturated carbocycles. The first-order valence-electron chi connectivity index (χ1n) is 7.28. The fraction of sp³-hybridized carbons (Fsp3) is 0.294. The maximum absolute atomic E-state index is 11.9. The summed E-state index contributed by atoms with van der Waals surface area (Å²) in [6.45, 7) is 1.58. The van der Waals surface area contributed by atoms with Crippen LogP contribution in [0.3, 0.4) is 0 Å². The molecule has 2 aromatic rings. The van der Waals surface area contributed by atoms with E-state index >= 15 is 0 Å². The molecule has 24 heavy (non-hydrogen) atoms. The molecule has 1 amide bonds. The van der Waals surface area contributed by atoms with Crippen molar-refractivity contribution in [1.29, 1.82) is 0 Å². The molecule has 0 unspecified atom stereocenters. The van der Waals surface area contributed by atoms with Crippen LogP contribution in [0.2, 0.25) is 0 Å². The lowest BCUT2D eigenvalue weighted by Gasteiger charge is -2.18. The van der Waals surface area contributed by atoms with Gasteiger partial charge in [0.2, 0.25) is 17.1 Å². The summed E-state index contributed by atoms with van der Waals surface area (Å²) < 4.78 is 10.6. The van der Waals surface area contributed by atoms with Gasteiger partial charge in [-0.05, 0) is 24.6 Å². The minimum Gasteiger partial charge on any atom is -0.504 e. The highest BCUT2D eigenvalue weighted by Crippen LogP contribution is 2.37. The zero-order valence-corrected chi connectivity index (χ0v) is 13.6. The number of methoxy groups -OCH3 is 1. The van der Waals surface area contributed by atoms with E-state index in [1.807, 2.05) is 0 Å². The zero-order valence-electron chi connectivity index (χ0n) is 13.6. The molecule has 128 valence electrons. The van der Waals surface area contributed by atoms with Gasteiger partial charge in [-0.1, -0.05) is 6.07 Å². The topological polar surface area (TPSA) is 109 Å². The minimum atomic E-state index is -0.716. The van der Waals surface area contributed by atoms with Crippen molar-refractivity contribution in [3.63, 3.8) is 0 Å². The summed E-state index contributed by atoms with van der Waals surface area (Å²) in [7, 11) is 2.89. The Bertz CT molecular complexity index is 811. The molecule has 0 fully saturated rings. The largest absolute Gasteiger partial charge is 0.504 e. The molecule has 2 rings (SSSR count). The Morgan fingerprint density at radius 2 is 2.04 bits per heavy atom. The number of ether oxygens (including phenoxy) is 1. The Morgan fingerprint density at radius 3 is 2.67 bits per heavy atom. The molecule has 0 radical (unpaired) electrons. The second-order valence-electron chi connectivity index (χ2n) is 5.30. The van der Waals surface area contributed by atoms with Crippen LogP contribution in [0.25, 0.3) is 0 Å². The van der Waals surface area contributed by atoms with Gasteiger partial charge >= 0.3 is 0 Å². The molecular formula is C17H19NO6. The molecule has 1 aromatic carbocycles. The summed E-state index contributed by atoms with van der Waals surface area (Å²) in [5.41, 5.74) is -0.0290. The van der Waals surface area contributed by atoms with Crippen molar-refractivity contribution in [3.8, 4) is 17.2 Å². The number of phenolic OH excluding ortho intramolecular Hbond substituents is 1. The Labute approximate surface area is 138 Å².